The Morgan fingerprint density at radius 2 is 1.97 bits per heavy atom. The molecule has 0 aliphatic rings. The van der Waals surface area contributed by atoms with Crippen molar-refractivity contribution < 1.29 is 17.9 Å². The second-order valence-corrected chi connectivity index (χ2v) is 7.61. The van der Waals surface area contributed by atoms with Crippen molar-refractivity contribution in [1.29, 1.82) is 0 Å². The smallest absolute Gasteiger partial charge is 0.240 e. The standard InChI is InChI=1S/C18H20N6O4S/c1-2-28-15-4-6-16(7-5-15)29(26,27)22-10-9-18(25)23-14-3-8-17(20-11-14)24-13-19-12-21-24/h3-8,11-13,22H,2,9-10H2,1H3,(H,23,25). The van der Waals surface area contributed by atoms with E-state index in [-0.39, 0.29) is 23.8 Å². The Kier molecular flexibility index (Phi) is 6.52. The highest BCUT2D eigenvalue weighted by molar-refractivity contribution is 7.89. The van der Waals surface area contributed by atoms with Crippen molar-refractivity contribution in [3.63, 3.8) is 0 Å². The number of nitrogens with zero attached hydrogens (tertiary/aromatic N) is 4. The van der Waals surface area contributed by atoms with E-state index in [1.54, 1.807) is 24.3 Å². The number of benzene rings is 1. The van der Waals surface area contributed by atoms with Gasteiger partial charge < -0.3 is 10.1 Å². The summed E-state index contributed by atoms with van der Waals surface area (Å²) in [6.07, 6.45) is 4.36. The SMILES string of the molecule is CCOc1ccc(S(=O)(=O)NCCC(=O)Nc2ccc(-n3cncn3)nc2)cc1. The van der Waals surface area contributed by atoms with Crippen molar-refractivity contribution in [3.8, 4) is 11.6 Å². The number of sulfonamides is 1. The van der Waals surface area contributed by atoms with Crippen LogP contribution >= 0.6 is 0 Å². The summed E-state index contributed by atoms with van der Waals surface area (Å²) >= 11 is 0. The molecule has 0 aliphatic carbocycles. The second-order valence-electron chi connectivity index (χ2n) is 5.85. The van der Waals surface area contributed by atoms with Crippen LogP contribution in [0.1, 0.15) is 13.3 Å². The van der Waals surface area contributed by atoms with Crippen LogP contribution in [0.25, 0.3) is 5.82 Å². The van der Waals surface area contributed by atoms with Gasteiger partial charge in [0.1, 0.15) is 18.4 Å². The third kappa shape index (κ3) is 5.59. The van der Waals surface area contributed by atoms with Crippen LogP contribution in [-0.2, 0) is 14.8 Å². The molecular formula is C18H20N6O4S. The maximum atomic E-state index is 12.3. The van der Waals surface area contributed by atoms with E-state index in [0.29, 0.717) is 23.9 Å². The lowest BCUT2D eigenvalue weighted by Crippen LogP contribution is -2.27. The van der Waals surface area contributed by atoms with Crippen LogP contribution in [-0.4, -0.2) is 47.2 Å². The Hall–Kier alpha value is -3.31. The van der Waals surface area contributed by atoms with Gasteiger partial charge in [-0.1, -0.05) is 0 Å². The molecule has 3 aromatic rings. The quantitative estimate of drug-likeness (QED) is 0.539. The minimum atomic E-state index is -3.70. The van der Waals surface area contributed by atoms with Crippen LogP contribution in [0.15, 0.2) is 60.1 Å². The number of amides is 1. The van der Waals surface area contributed by atoms with Crippen LogP contribution in [0.4, 0.5) is 5.69 Å². The lowest BCUT2D eigenvalue weighted by molar-refractivity contribution is -0.116. The summed E-state index contributed by atoms with van der Waals surface area (Å²) in [6, 6.07) is 9.43. The Labute approximate surface area is 168 Å². The largest absolute Gasteiger partial charge is 0.494 e. The van der Waals surface area contributed by atoms with Crippen LogP contribution in [0.2, 0.25) is 0 Å². The predicted molar refractivity (Wildman–Crippen MR) is 105 cm³/mol. The first-order valence-corrected chi connectivity index (χ1v) is 10.3. The first kappa shape index (κ1) is 20.4. The van der Waals surface area contributed by atoms with Gasteiger partial charge in [-0.15, -0.1) is 0 Å². The highest BCUT2D eigenvalue weighted by Crippen LogP contribution is 2.16. The highest BCUT2D eigenvalue weighted by atomic mass is 32.2. The first-order chi connectivity index (χ1) is 14.0. The Morgan fingerprint density at radius 1 is 1.17 bits per heavy atom. The molecule has 0 saturated carbocycles. The van der Waals surface area contributed by atoms with Crippen LogP contribution in [0, 0.1) is 0 Å². The van der Waals surface area contributed by atoms with Crippen molar-refractivity contribution in [2.75, 3.05) is 18.5 Å². The van der Waals surface area contributed by atoms with E-state index in [1.807, 2.05) is 6.92 Å². The fourth-order valence-corrected chi connectivity index (χ4v) is 3.44. The molecule has 10 nitrogen and oxygen atoms in total. The van der Waals surface area contributed by atoms with Crippen molar-refractivity contribution in [3.05, 3.63) is 55.2 Å². The topological polar surface area (TPSA) is 128 Å². The van der Waals surface area contributed by atoms with Crippen LogP contribution in [0.5, 0.6) is 5.75 Å². The van der Waals surface area contributed by atoms with Gasteiger partial charge >= 0.3 is 0 Å². The van der Waals surface area contributed by atoms with E-state index >= 15 is 0 Å². The summed E-state index contributed by atoms with van der Waals surface area (Å²) in [5.74, 6) is 0.813. The Bertz CT molecular complexity index is 1030. The summed E-state index contributed by atoms with van der Waals surface area (Å²) in [7, 11) is -3.70. The van der Waals surface area contributed by atoms with Gasteiger partial charge in [0, 0.05) is 13.0 Å². The molecule has 3 rings (SSSR count). The average molecular weight is 416 g/mol. The van der Waals surface area contributed by atoms with E-state index in [4.69, 9.17) is 4.74 Å². The minimum absolute atomic E-state index is 0.0267. The average Bonchev–Trinajstić information content (AvgIpc) is 3.24. The molecule has 0 saturated heterocycles. The number of aromatic nitrogens is 4. The van der Waals surface area contributed by atoms with E-state index in [2.05, 4.69) is 25.1 Å². The van der Waals surface area contributed by atoms with Gasteiger partial charge in [-0.05, 0) is 43.3 Å². The molecule has 0 bridgehead atoms. The zero-order valence-corrected chi connectivity index (χ0v) is 16.5. The van der Waals surface area contributed by atoms with Crippen molar-refractivity contribution in [1.82, 2.24) is 24.5 Å². The normalized spacial score (nSPS) is 11.2. The Balaban J connectivity index is 1.48. The number of carbonyl (C=O) groups excluding carboxylic acids is 1. The first-order valence-electron chi connectivity index (χ1n) is 8.81. The number of rotatable bonds is 9. The van der Waals surface area contributed by atoms with E-state index < -0.39 is 10.0 Å². The lowest BCUT2D eigenvalue weighted by atomic mass is 10.3. The summed E-state index contributed by atoms with van der Waals surface area (Å²) in [5.41, 5.74) is 0.494. The highest BCUT2D eigenvalue weighted by Gasteiger charge is 2.14. The number of pyridine rings is 1. The molecule has 0 aliphatic heterocycles. The maximum absolute atomic E-state index is 12.3. The number of nitrogens with one attached hydrogen (secondary N) is 2. The molecule has 2 aromatic heterocycles. The molecular weight excluding hydrogens is 396 g/mol. The van der Waals surface area contributed by atoms with E-state index in [0.717, 1.165) is 0 Å². The van der Waals surface area contributed by atoms with E-state index in [9.17, 15) is 13.2 Å². The molecule has 1 amide bonds. The number of anilines is 1. The molecule has 0 radical (unpaired) electrons. The molecule has 152 valence electrons. The molecule has 29 heavy (non-hydrogen) atoms. The monoisotopic (exact) mass is 416 g/mol. The van der Waals surface area contributed by atoms with Gasteiger partial charge in [0.15, 0.2) is 5.82 Å². The van der Waals surface area contributed by atoms with E-state index in [1.165, 1.54) is 35.7 Å². The van der Waals surface area contributed by atoms with Gasteiger partial charge in [-0.2, -0.15) is 5.10 Å². The molecule has 0 unspecified atom stereocenters. The lowest BCUT2D eigenvalue weighted by Gasteiger charge is -2.09. The number of carbonyl (C=O) groups is 1. The summed E-state index contributed by atoms with van der Waals surface area (Å²) in [5, 5.41) is 6.63. The number of hydrogen-bond donors (Lipinski definition) is 2. The molecule has 2 heterocycles. The van der Waals surface area contributed by atoms with Crippen LogP contribution < -0.4 is 14.8 Å². The zero-order valence-electron chi connectivity index (χ0n) is 15.6. The summed E-state index contributed by atoms with van der Waals surface area (Å²) in [4.78, 5) is 20.2. The van der Waals surface area contributed by atoms with Gasteiger partial charge in [0.05, 0.1) is 23.4 Å². The predicted octanol–water partition coefficient (Wildman–Crippen LogP) is 1.37. The van der Waals surface area contributed by atoms with Gasteiger partial charge in [0.25, 0.3) is 0 Å². The molecule has 11 heteroatoms. The fraction of sp³-hybridized carbons (Fsp3) is 0.222. The summed E-state index contributed by atoms with van der Waals surface area (Å²) in [6.45, 7) is 2.31. The maximum Gasteiger partial charge on any atom is 0.240 e. The van der Waals surface area contributed by atoms with Gasteiger partial charge in [-0.3, -0.25) is 4.79 Å². The minimum Gasteiger partial charge on any atom is -0.494 e. The van der Waals surface area contributed by atoms with Crippen LogP contribution in [0.3, 0.4) is 0 Å². The fourth-order valence-electron chi connectivity index (χ4n) is 2.41. The van der Waals surface area contributed by atoms with Crippen molar-refractivity contribution in [2.24, 2.45) is 0 Å². The zero-order chi connectivity index (χ0) is 20.7. The molecule has 1 aromatic carbocycles. The molecule has 0 spiro atoms. The molecule has 2 N–H and O–H groups in total. The van der Waals surface area contributed by atoms with Crippen molar-refractivity contribution in [2.45, 2.75) is 18.2 Å². The van der Waals surface area contributed by atoms with Crippen molar-refractivity contribution >= 4 is 21.6 Å². The number of ether oxygens (including phenoxy) is 1. The Morgan fingerprint density at radius 3 is 2.59 bits per heavy atom. The van der Waals surface area contributed by atoms with Gasteiger partial charge in [0.2, 0.25) is 15.9 Å². The van der Waals surface area contributed by atoms with Gasteiger partial charge in [-0.25, -0.2) is 27.8 Å². The number of hydrogen-bond acceptors (Lipinski definition) is 7. The third-order valence-electron chi connectivity index (χ3n) is 3.77. The molecule has 0 atom stereocenters. The second kappa shape index (κ2) is 9.26. The third-order valence-corrected chi connectivity index (χ3v) is 5.25. The summed E-state index contributed by atoms with van der Waals surface area (Å²) < 4.78 is 33.8. The molecule has 0 fully saturated rings.